The molecule has 1 saturated heterocycles. The van der Waals surface area contributed by atoms with Crippen molar-refractivity contribution in [3.05, 3.63) is 58.8 Å². The van der Waals surface area contributed by atoms with Gasteiger partial charge >= 0.3 is 0 Å². The summed E-state index contributed by atoms with van der Waals surface area (Å²) in [7, 11) is 3.12. The summed E-state index contributed by atoms with van der Waals surface area (Å²) in [4.78, 5) is 14.6. The van der Waals surface area contributed by atoms with Crippen molar-refractivity contribution in [3.8, 4) is 11.5 Å². The highest BCUT2D eigenvalue weighted by Crippen LogP contribution is 2.37. The van der Waals surface area contributed by atoms with Gasteiger partial charge in [-0.3, -0.25) is 9.69 Å². The molecule has 1 amide bonds. The summed E-state index contributed by atoms with van der Waals surface area (Å²) >= 11 is 6.50. The van der Waals surface area contributed by atoms with Gasteiger partial charge in [-0.15, -0.1) is 0 Å². The number of hydrogen-bond donors (Lipinski definition) is 0. The highest BCUT2D eigenvalue weighted by atomic mass is 32.2. The number of anilines is 1. The molecule has 2 aromatic rings. The molecule has 0 atom stereocenters. The average molecular weight is 375 g/mol. The predicted octanol–water partition coefficient (Wildman–Crippen LogP) is 4.25. The van der Waals surface area contributed by atoms with E-state index in [1.165, 1.54) is 40.9 Å². The Balaban J connectivity index is 1.94. The molecule has 7 heteroatoms. The lowest BCUT2D eigenvalue weighted by atomic mass is 10.1. The van der Waals surface area contributed by atoms with Crippen molar-refractivity contribution in [2.75, 3.05) is 19.1 Å². The number of carbonyl (C=O) groups excluding carboxylic acids is 1. The molecule has 0 radical (unpaired) electrons. The van der Waals surface area contributed by atoms with Gasteiger partial charge in [-0.25, -0.2) is 4.39 Å². The fourth-order valence-corrected chi connectivity index (χ4v) is 3.65. The van der Waals surface area contributed by atoms with E-state index < -0.39 is 0 Å². The van der Waals surface area contributed by atoms with Crippen LogP contribution in [0.15, 0.2) is 47.4 Å². The zero-order valence-electron chi connectivity index (χ0n) is 13.5. The Hall–Kier alpha value is -2.38. The van der Waals surface area contributed by atoms with Crippen LogP contribution in [-0.2, 0) is 4.79 Å². The molecule has 0 N–H and O–H groups in total. The predicted molar refractivity (Wildman–Crippen MR) is 102 cm³/mol. The number of halogens is 1. The quantitative estimate of drug-likeness (QED) is 0.590. The smallest absolute Gasteiger partial charge is 0.270 e. The molecule has 3 rings (SSSR count). The summed E-state index contributed by atoms with van der Waals surface area (Å²) in [6.07, 6.45) is 1.72. The largest absolute Gasteiger partial charge is 0.497 e. The maximum atomic E-state index is 13.1. The van der Waals surface area contributed by atoms with Crippen LogP contribution >= 0.6 is 24.0 Å². The molecule has 25 heavy (non-hydrogen) atoms. The monoisotopic (exact) mass is 375 g/mol. The van der Waals surface area contributed by atoms with E-state index in [1.807, 2.05) is 6.07 Å². The Morgan fingerprint density at radius 2 is 1.84 bits per heavy atom. The van der Waals surface area contributed by atoms with Gasteiger partial charge in [0.2, 0.25) is 0 Å². The Bertz CT molecular complexity index is 865. The summed E-state index contributed by atoms with van der Waals surface area (Å²) in [5.74, 6) is 0.631. The molecular formula is C18H14FNO3S2. The maximum absolute atomic E-state index is 13.1. The zero-order chi connectivity index (χ0) is 18.0. The third kappa shape index (κ3) is 3.52. The second-order valence-electron chi connectivity index (χ2n) is 5.10. The molecule has 0 bridgehead atoms. The minimum absolute atomic E-state index is 0.250. The zero-order valence-corrected chi connectivity index (χ0v) is 15.1. The van der Waals surface area contributed by atoms with E-state index >= 15 is 0 Å². The van der Waals surface area contributed by atoms with Crippen LogP contribution in [0.4, 0.5) is 10.1 Å². The van der Waals surface area contributed by atoms with E-state index in [9.17, 15) is 9.18 Å². The first-order valence-corrected chi connectivity index (χ1v) is 8.51. The molecule has 0 aliphatic carbocycles. The van der Waals surface area contributed by atoms with E-state index in [-0.39, 0.29) is 11.7 Å². The molecule has 128 valence electrons. The molecule has 1 aliphatic heterocycles. The van der Waals surface area contributed by atoms with Crippen LogP contribution in [0.1, 0.15) is 5.56 Å². The van der Waals surface area contributed by atoms with Crippen molar-refractivity contribution in [1.29, 1.82) is 0 Å². The number of benzene rings is 2. The van der Waals surface area contributed by atoms with Crippen LogP contribution in [0.25, 0.3) is 6.08 Å². The van der Waals surface area contributed by atoms with Crippen molar-refractivity contribution >= 4 is 46.0 Å². The lowest BCUT2D eigenvalue weighted by Gasteiger charge is -2.14. The van der Waals surface area contributed by atoms with Crippen LogP contribution in [0.5, 0.6) is 11.5 Å². The Morgan fingerprint density at radius 3 is 2.48 bits per heavy atom. The third-order valence-corrected chi connectivity index (χ3v) is 4.91. The molecular weight excluding hydrogens is 361 g/mol. The Morgan fingerprint density at radius 1 is 1.12 bits per heavy atom. The van der Waals surface area contributed by atoms with Gasteiger partial charge in [0, 0.05) is 11.6 Å². The van der Waals surface area contributed by atoms with Gasteiger partial charge in [0.15, 0.2) is 4.32 Å². The summed E-state index contributed by atoms with van der Waals surface area (Å²) < 4.78 is 24.0. The summed E-state index contributed by atoms with van der Waals surface area (Å²) in [5, 5.41) is 0. The van der Waals surface area contributed by atoms with E-state index in [0.29, 0.717) is 26.4 Å². The Labute approximate surface area is 154 Å². The lowest BCUT2D eigenvalue weighted by molar-refractivity contribution is -0.113. The molecule has 0 aromatic heterocycles. The first-order chi connectivity index (χ1) is 12.0. The van der Waals surface area contributed by atoms with Crippen LogP contribution in [0.3, 0.4) is 0 Å². The lowest BCUT2D eigenvalue weighted by Crippen LogP contribution is -2.27. The minimum atomic E-state index is -0.368. The highest BCUT2D eigenvalue weighted by molar-refractivity contribution is 8.27. The number of thiocarbonyl (C=S) groups is 1. The normalized spacial score (nSPS) is 15.8. The van der Waals surface area contributed by atoms with E-state index in [0.717, 1.165) is 5.56 Å². The number of hydrogen-bond acceptors (Lipinski definition) is 5. The van der Waals surface area contributed by atoms with Crippen molar-refractivity contribution in [3.63, 3.8) is 0 Å². The molecule has 4 nitrogen and oxygen atoms in total. The highest BCUT2D eigenvalue weighted by Gasteiger charge is 2.33. The van der Waals surface area contributed by atoms with Gasteiger partial charge in [-0.1, -0.05) is 24.0 Å². The van der Waals surface area contributed by atoms with Crippen LogP contribution in [-0.4, -0.2) is 24.4 Å². The molecule has 2 aromatic carbocycles. The number of nitrogens with zero attached hydrogens (tertiary/aromatic N) is 1. The van der Waals surface area contributed by atoms with Gasteiger partial charge < -0.3 is 9.47 Å². The number of carbonyl (C=O) groups is 1. The number of ether oxygens (including phenoxy) is 2. The molecule has 0 spiro atoms. The first-order valence-electron chi connectivity index (χ1n) is 7.29. The van der Waals surface area contributed by atoms with Gasteiger partial charge in [-0.05, 0) is 42.5 Å². The first kappa shape index (κ1) is 17.4. The average Bonchev–Trinajstić information content (AvgIpc) is 2.90. The minimum Gasteiger partial charge on any atom is -0.497 e. The van der Waals surface area contributed by atoms with E-state index in [2.05, 4.69) is 0 Å². The van der Waals surface area contributed by atoms with E-state index in [1.54, 1.807) is 32.4 Å². The van der Waals surface area contributed by atoms with Crippen molar-refractivity contribution in [2.45, 2.75) is 0 Å². The number of thioether (sulfide) groups is 1. The SMILES string of the molecule is COc1ccc(C=C2SC(=S)N(c3ccc(F)cc3)C2=O)c(OC)c1. The summed E-state index contributed by atoms with van der Waals surface area (Å²) in [6, 6.07) is 11.0. The number of methoxy groups -OCH3 is 2. The molecule has 1 fully saturated rings. The molecule has 0 unspecified atom stereocenters. The second-order valence-corrected chi connectivity index (χ2v) is 6.78. The standard InChI is InChI=1S/C18H14FNO3S2/c1-22-14-8-3-11(15(10-14)23-2)9-16-17(21)20(18(24)25-16)13-6-4-12(19)5-7-13/h3-10H,1-2H3. The molecule has 1 aliphatic rings. The topological polar surface area (TPSA) is 38.8 Å². The summed E-state index contributed by atoms with van der Waals surface area (Å²) in [5.41, 5.74) is 1.27. The van der Waals surface area contributed by atoms with Gasteiger partial charge in [0.1, 0.15) is 17.3 Å². The third-order valence-electron chi connectivity index (χ3n) is 3.61. The fraction of sp³-hybridized carbons (Fsp3) is 0.111. The number of rotatable bonds is 4. The van der Waals surface area contributed by atoms with Gasteiger partial charge in [0.25, 0.3) is 5.91 Å². The summed E-state index contributed by atoms with van der Waals surface area (Å²) in [6.45, 7) is 0. The van der Waals surface area contributed by atoms with Gasteiger partial charge in [0.05, 0.1) is 24.8 Å². The molecule has 0 saturated carbocycles. The Kier molecular flexibility index (Phi) is 5.06. The maximum Gasteiger partial charge on any atom is 0.270 e. The van der Waals surface area contributed by atoms with Crippen molar-refractivity contribution in [1.82, 2.24) is 0 Å². The van der Waals surface area contributed by atoms with Crippen LogP contribution in [0.2, 0.25) is 0 Å². The second kappa shape index (κ2) is 7.25. The number of amides is 1. The van der Waals surface area contributed by atoms with Gasteiger partial charge in [-0.2, -0.15) is 0 Å². The molecule has 1 heterocycles. The van der Waals surface area contributed by atoms with Crippen LogP contribution < -0.4 is 14.4 Å². The van der Waals surface area contributed by atoms with Crippen molar-refractivity contribution < 1.29 is 18.7 Å². The fourth-order valence-electron chi connectivity index (χ4n) is 2.36. The van der Waals surface area contributed by atoms with E-state index in [4.69, 9.17) is 21.7 Å². The van der Waals surface area contributed by atoms with Crippen LogP contribution in [0, 0.1) is 5.82 Å². The van der Waals surface area contributed by atoms with Crippen molar-refractivity contribution in [2.24, 2.45) is 0 Å².